The summed E-state index contributed by atoms with van der Waals surface area (Å²) in [6.07, 6.45) is 0.716. The van der Waals surface area contributed by atoms with Crippen LogP contribution in [0.15, 0.2) is 72.8 Å². The number of benzene rings is 3. The fraction of sp³-hybridized carbons (Fsp3) is 0.130. The van der Waals surface area contributed by atoms with Crippen molar-refractivity contribution in [2.75, 3.05) is 5.32 Å². The number of rotatable bonds is 4. The molecule has 0 radical (unpaired) electrons. The standard InChI is InChI=1S/C23H21N3O/c1-3-21-22(24-16(2)26(21)18-12-5-4-6-13-18)23(27)25-20-15-9-11-17-10-7-8-14-19(17)20/h4-15H,3H2,1-2H3,(H,25,27). The molecule has 4 heteroatoms. The van der Waals surface area contributed by atoms with Crippen LogP contribution in [0.4, 0.5) is 5.69 Å². The number of carbonyl (C=O) groups is 1. The summed E-state index contributed by atoms with van der Waals surface area (Å²) in [4.78, 5) is 17.6. The minimum atomic E-state index is -0.180. The first-order valence-corrected chi connectivity index (χ1v) is 9.11. The molecule has 4 nitrogen and oxygen atoms in total. The van der Waals surface area contributed by atoms with Crippen LogP contribution in [0.5, 0.6) is 0 Å². The van der Waals surface area contributed by atoms with Crippen molar-refractivity contribution < 1.29 is 4.79 Å². The van der Waals surface area contributed by atoms with Gasteiger partial charge in [0.25, 0.3) is 5.91 Å². The Bertz CT molecular complexity index is 1110. The summed E-state index contributed by atoms with van der Waals surface area (Å²) >= 11 is 0. The van der Waals surface area contributed by atoms with Gasteiger partial charge in [0.05, 0.1) is 5.69 Å². The highest BCUT2D eigenvalue weighted by Gasteiger charge is 2.21. The molecule has 0 atom stereocenters. The second-order valence-electron chi connectivity index (χ2n) is 6.46. The number of para-hydroxylation sites is 1. The quantitative estimate of drug-likeness (QED) is 0.550. The predicted octanol–water partition coefficient (Wildman–Crippen LogP) is 5.15. The maximum absolute atomic E-state index is 13.0. The fourth-order valence-electron chi connectivity index (χ4n) is 3.52. The molecule has 0 aliphatic rings. The van der Waals surface area contributed by atoms with Crippen molar-refractivity contribution in [3.8, 4) is 5.69 Å². The number of anilines is 1. The van der Waals surface area contributed by atoms with Crippen LogP contribution in [0.3, 0.4) is 0 Å². The van der Waals surface area contributed by atoms with Crippen molar-refractivity contribution in [2.24, 2.45) is 0 Å². The highest BCUT2D eigenvalue weighted by Crippen LogP contribution is 2.25. The van der Waals surface area contributed by atoms with Crippen molar-refractivity contribution in [1.29, 1.82) is 0 Å². The molecule has 1 aromatic heterocycles. The number of carbonyl (C=O) groups excluding carboxylic acids is 1. The highest BCUT2D eigenvalue weighted by atomic mass is 16.1. The lowest BCUT2D eigenvalue weighted by Crippen LogP contribution is -2.15. The van der Waals surface area contributed by atoms with Crippen molar-refractivity contribution in [3.63, 3.8) is 0 Å². The van der Waals surface area contributed by atoms with E-state index >= 15 is 0 Å². The average Bonchev–Trinajstić information content (AvgIpc) is 3.05. The van der Waals surface area contributed by atoms with Crippen LogP contribution in [0.1, 0.15) is 28.9 Å². The van der Waals surface area contributed by atoms with E-state index in [1.165, 1.54) is 0 Å². The predicted molar refractivity (Wildman–Crippen MR) is 110 cm³/mol. The molecule has 0 saturated carbocycles. The summed E-state index contributed by atoms with van der Waals surface area (Å²) < 4.78 is 2.05. The van der Waals surface area contributed by atoms with Crippen LogP contribution in [0, 0.1) is 6.92 Å². The zero-order valence-corrected chi connectivity index (χ0v) is 15.4. The molecule has 27 heavy (non-hydrogen) atoms. The zero-order chi connectivity index (χ0) is 18.8. The Morgan fingerprint density at radius 1 is 0.963 bits per heavy atom. The van der Waals surface area contributed by atoms with Gasteiger partial charge < -0.3 is 9.88 Å². The van der Waals surface area contributed by atoms with E-state index < -0.39 is 0 Å². The summed E-state index contributed by atoms with van der Waals surface area (Å²) in [6.45, 7) is 3.98. The minimum absolute atomic E-state index is 0.180. The molecular weight excluding hydrogens is 334 g/mol. The van der Waals surface area contributed by atoms with Crippen LogP contribution in [-0.4, -0.2) is 15.5 Å². The first-order valence-electron chi connectivity index (χ1n) is 9.11. The lowest BCUT2D eigenvalue weighted by atomic mass is 10.1. The van der Waals surface area contributed by atoms with Gasteiger partial charge in [-0.1, -0.05) is 61.5 Å². The molecular formula is C23H21N3O. The van der Waals surface area contributed by atoms with Crippen LogP contribution >= 0.6 is 0 Å². The van der Waals surface area contributed by atoms with Gasteiger partial charge in [-0.05, 0) is 36.9 Å². The molecule has 0 aliphatic heterocycles. The van der Waals surface area contributed by atoms with Gasteiger partial charge in [0.2, 0.25) is 0 Å². The van der Waals surface area contributed by atoms with E-state index in [-0.39, 0.29) is 5.91 Å². The van der Waals surface area contributed by atoms with E-state index in [9.17, 15) is 4.79 Å². The van der Waals surface area contributed by atoms with E-state index in [2.05, 4.69) is 14.9 Å². The molecule has 0 aliphatic carbocycles. The smallest absolute Gasteiger partial charge is 0.276 e. The number of nitrogens with one attached hydrogen (secondary N) is 1. The molecule has 0 unspecified atom stereocenters. The third-order valence-corrected chi connectivity index (χ3v) is 4.74. The van der Waals surface area contributed by atoms with Crippen LogP contribution in [0.2, 0.25) is 0 Å². The lowest BCUT2D eigenvalue weighted by Gasteiger charge is -2.11. The maximum Gasteiger partial charge on any atom is 0.276 e. The van der Waals surface area contributed by atoms with E-state index in [4.69, 9.17) is 0 Å². The number of hydrogen-bond donors (Lipinski definition) is 1. The van der Waals surface area contributed by atoms with Gasteiger partial charge in [0, 0.05) is 16.8 Å². The molecule has 0 fully saturated rings. The summed E-state index contributed by atoms with van der Waals surface area (Å²) in [5.74, 6) is 0.627. The maximum atomic E-state index is 13.0. The van der Waals surface area contributed by atoms with Gasteiger partial charge in [-0.15, -0.1) is 0 Å². The average molecular weight is 355 g/mol. The van der Waals surface area contributed by atoms with E-state index in [0.29, 0.717) is 12.1 Å². The molecule has 0 saturated heterocycles. The van der Waals surface area contributed by atoms with Gasteiger partial charge in [-0.25, -0.2) is 4.98 Å². The van der Waals surface area contributed by atoms with E-state index in [0.717, 1.165) is 33.7 Å². The lowest BCUT2D eigenvalue weighted by molar-refractivity contribution is 0.102. The fourth-order valence-corrected chi connectivity index (χ4v) is 3.52. The van der Waals surface area contributed by atoms with Crippen molar-refractivity contribution >= 4 is 22.4 Å². The SMILES string of the molecule is CCc1c(C(=O)Nc2cccc3ccccc23)nc(C)n1-c1ccccc1. The minimum Gasteiger partial charge on any atom is -0.320 e. The molecule has 0 spiro atoms. The number of imidazole rings is 1. The Morgan fingerprint density at radius 3 is 2.44 bits per heavy atom. The number of fused-ring (bicyclic) bond motifs is 1. The van der Waals surface area contributed by atoms with E-state index in [1.54, 1.807) is 0 Å². The summed E-state index contributed by atoms with van der Waals surface area (Å²) in [7, 11) is 0. The Kier molecular flexibility index (Phi) is 4.47. The number of aromatic nitrogens is 2. The molecule has 4 aromatic rings. The third-order valence-electron chi connectivity index (χ3n) is 4.74. The van der Waals surface area contributed by atoms with Crippen LogP contribution < -0.4 is 5.32 Å². The van der Waals surface area contributed by atoms with Crippen molar-refractivity contribution in [1.82, 2.24) is 9.55 Å². The Hall–Kier alpha value is -3.40. The molecule has 1 heterocycles. The monoisotopic (exact) mass is 355 g/mol. The van der Waals surface area contributed by atoms with Crippen molar-refractivity contribution in [3.05, 3.63) is 90.0 Å². The Balaban J connectivity index is 1.74. The van der Waals surface area contributed by atoms with E-state index in [1.807, 2.05) is 86.6 Å². The normalized spacial score (nSPS) is 10.9. The van der Waals surface area contributed by atoms with Gasteiger partial charge in [-0.2, -0.15) is 0 Å². The first kappa shape index (κ1) is 17.0. The highest BCUT2D eigenvalue weighted by molar-refractivity contribution is 6.08. The van der Waals surface area contributed by atoms with Gasteiger partial charge in [-0.3, -0.25) is 4.79 Å². The Morgan fingerprint density at radius 2 is 1.67 bits per heavy atom. The van der Waals surface area contributed by atoms with Gasteiger partial charge in [0.1, 0.15) is 11.5 Å². The second kappa shape index (κ2) is 7.08. The molecule has 0 bridgehead atoms. The molecule has 3 aromatic carbocycles. The number of hydrogen-bond acceptors (Lipinski definition) is 2. The first-order chi connectivity index (χ1) is 13.2. The number of aryl methyl sites for hydroxylation is 1. The topological polar surface area (TPSA) is 46.9 Å². The summed E-state index contributed by atoms with van der Waals surface area (Å²) in [6, 6.07) is 24.0. The molecule has 1 N–H and O–H groups in total. The third kappa shape index (κ3) is 3.10. The summed E-state index contributed by atoms with van der Waals surface area (Å²) in [5, 5.41) is 5.17. The molecule has 4 rings (SSSR count). The van der Waals surface area contributed by atoms with Gasteiger partial charge >= 0.3 is 0 Å². The number of amides is 1. The largest absolute Gasteiger partial charge is 0.320 e. The molecule has 1 amide bonds. The van der Waals surface area contributed by atoms with Crippen molar-refractivity contribution in [2.45, 2.75) is 20.3 Å². The zero-order valence-electron chi connectivity index (χ0n) is 15.4. The second-order valence-corrected chi connectivity index (χ2v) is 6.46. The number of nitrogens with zero attached hydrogens (tertiary/aromatic N) is 2. The molecule has 134 valence electrons. The van der Waals surface area contributed by atoms with Crippen LogP contribution in [0.25, 0.3) is 16.5 Å². The van der Waals surface area contributed by atoms with Gasteiger partial charge in [0.15, 0.2) is 0 Å². The van der Waals surface area contributed by atoms with Crippen LogP contribution in [-0.2, 0) is 6.42 Å². The summed E-state index contributed by atoms with van der Waals surface area (Å²) in [5.41, 5.74) is 3.21. The Labute approximate surface area is 158 Å².